The lowest BCUT2D eigenvalue weighted by atomic mass is 9.94. The molecule has 2 aromatic rings. The SMILES string of the molecule is Cc1ccccc1Oc1cncc(C2CCCN(C(=O)C3CC3)C2)n1. The Morgan fingerprint density at radius 3 is 2.84 bits per heavy atom. The summed E-state index contributed by atoms with van der Waals surface area (Å²) in [6.07, 6.45) is 7.62. The summed E-state index contributed by atoms with van der Waals surface area (Å²) in [5.41, 5.74) is 1.98. The van der Waals surface area contributed by atoms with Crippen LogP contribution < -0.4 is 4.74 Å². The van der Waals surface area contributed by atoms with Crippen molar-refractivity contribution in [3.05, 3.63) is 47.9 Å². The monoisotopic (exact) mass is 337 g/mol. The number of piperidine rings is 1. The topological polar surface area (TPSA) is 55.3 Å². The molecule has 0 spiro atoms. The van der Waals surface area contributed by atoms with Crippen LogP contribution in [0.1, 0.15) is 42.9 Å². The highest BCUT2D eigenvalue weighted by molar-refractivity contribution is 5.81. The summed E-state index contributed by atoms with van der Waals surface area (Å²) in [6, 6.07) is 7.87. The fraction of sp³-hybridized carbons (Fsp3) is 0.450. The average Bonchev–Trinajstić information content (AvgIpc) is 3.49. The number of benzene rings is 1. The van der Waals surface area contributed by atoms with Crippen LogP contribution in [0.15, 0.2) is 36.7 Å². The van der Waals surface area contributed by atoms with E-state index >= 15 is 0 Å². The third-order valence-electron chi connectivity index (χ3n) is 5.02. The predicted octanol–water partition coefficient (Wildman–Crippen LogP) is 3.69. The molecular weight excluding hydrogens is 314 g/mol. The van der Waals surface area contributed by atoms with Crippen LogP contribution in [0.5, 0.6) is 11.6 Å². The minimum Gasteiger partial charge on any atom is -0.437 e. The van der Waals surface area contributed by atoms with Gasteiger partial charge in [0.05, 0.1) is 11.9 Å². The lowest BCUT2D eigenvalue weighted by molar-refractivity contribution is -0.133. The van der Waals surface area contributed by atoms with Crippen molar-refractivity contribution >= 4 is 5.91 Å². The van der Waals surface area contributed by atoms with Gasteiger partial charge < -0.3 is 9.64 Å². The van der Waals surface area contributed by atoms with Gasteiger partial charge >= 0.3 is 0 Å². The fourth-order valence-corrected chi connectivity index (χ4v) is 3.40. The zero-order chi connectivity index (χ0) is 17.2. The van der Waals surface area contributed by atoms with Crippen molar-refractivity contribution in [3.63, 3.8) is 0 Å². The molecule has 1 unspecified atom stereocenters. The number of aryl methyl sites for hydroxylation is 1. The Morgan fingerprint density at radius 1 is 1.20 bits per heavy atom. The summed E-state index contributed by atoms with van der Waals surface area (Å²) in [4.78, 5) is 23.3. The summed E-state index contributed by atoms with van der Waals surface area (Å²) in [5.74, 6) is 2.15. The van der Waals surface area contributed by atoms with Crippen LogP contribution in [0.4, 0.5) is 0 Å². The van der Waals surface area contributed by atoms with Gasteiger partial charge in [-0.1, -0.05) is 18.2 Å². The Hall–Kier alpha value is -2.43. The van der Waals surface area contributed by atoms with E-state index in [2.05, 4.69) is 9.97 Å². The molecular formula is C20H23N3O2. The van der Waals surface area contributed by atoms with E-state index in [1.807, 2.05) is 36.1 Å². The number of aromatic nitrogens is 2. The third-order valence-corrected chi connectivity index (χ3v) is 5.02. The minimum absolute atomic E-state index is 0.240. The first-order chi connectivity index (χ1) is 12.2. The van der Waals surface area contributed by atoms with Crippen molar-refractivity contribution in [2.24, 2.45) is 5.92 Å². The predicted molar refractivity (Wildman–Crippen MR) is 94.6 cm³/mol. The smallest absolute Gasteiger partial charge is 0.238 e. The number of hydrogen-bond donors (Lipinski definition) is 0. The largest absolute Gasteiger partial charge is 0.437 e. The summed E-state index contributed by atoms with van der Waals surface area (Å²) >= 11 is 0. The molecule has 1 saturated heterocycles. The van der Waals surface area contributed by atoms with Gasteiger partial charge in [-0.25, -0.2) is 4.98 Å². The molecule has 2 fully saturated rings. The molecule has 1 aromatic carbocycles. The average molecular weight is 337 g/mol. The van der Waals surface area contributed by atoms with E-state index in [4.69, 9.17) is 4.74 Å². The van der Waals surface area contributed by atoms with E-state index in [0.717, 1.165) is 55.8 Å². The van der Waals surface area contributed by atoms with Gasteiger partial charge in [-0.05, 0) is 44.2 Å². The molecule has 2 aliphatic rings. The first-order valence-electron chi connectivity index (χ1n) is 9.05. The second kappa shape index (κ2) is 6.82. The number of nitrogens with zero attached hydrogens (tertiary/aromatic N) is 3. The van der Waals surface area contributed by atoms with Crippen LogP contribution in [0.25, 0.3) is 0 Å². The van der Waals surface area contributed by atoms with Gasteiger partial charge in [0, 0.05) is 31.1 Å². The minimum atomic E-state index is 0.240. The molecule has 1 atom stereocenters. The molecule has 1 aliphatic heterocycles. The quantitative estimate of drug-likeness (QED) is 0.854. The second-order valence-electron chi connectivity index (χ2n) is 7.05. The summed E-state index contributed by atoms with van der Waals surface area (Å²) in [7, 11) is 0. The number of carbonyl (C=O) groups excluding carboxylic acids is 1. The van der Waals surface area contributed by atoms with Crippen molar-refractivity contribution in [2.45, 2.75) is 38.5 Å². The maximum atomic E-state index is 12.3. The molecule has 1 aromatic heterocycles. The fourth-order valence-electron chi connectivity index (χ4n) is 3.40. The number of ether oxygens (including phenoxy) is 1. The number of hydrogen-bond acceptors (Lipinski definition) is 4. The zero-order valence-corrected chi connectivity index (χ0v) is 14.5. The Kier molecular flexibility index (Phi) is 4.38. The van der Waals surface area contributed by atoms with Crippen LogP contribution >= 0.6 is 0 Å². The highest BCUT2D eigenvalue weighted by Gasteiger charge is 2.35. The van der Waals surface area contributed by atoms with Crippen LogP contribution in [0.3, 0.4) is 0 Å². The van der Waals surface area contributed by atoms with E-state index in [1.54, 1.807) is 12.4 Å². The lowest BCUT2D eigenvalue weighted by Crippen LogP contribution is -2.40. The molecule has 1 amide bonds. The molecule has 5 nitrogen and oxygen atoms in total. The zero-order valence-electron chi connectivity index (χ0n) is 14.5. The molecule has 4 rings (SSSR count). The molecule has 2 heterocycles. The van der Waals surface area contributed by atoms with Gasteiger partial charge in [-0.3, -0.25) is 9.78 Å². The van der Waals surface area contributed by atoms with Gasteiger partial charge in [-0.2, -0.15) is 0 Å². The van der Waals surface area contributed by atoms with Crippen LogP contribution in [0, 0.1) is 12.8 Å². The molecule has 1 saturated carbocycles. The van der Waals surface area contributed by atoms with Gasteiger partial charge in [0.2, 0.25) is 11.8 Å². The summed E-state index contributed by atoms with van der Waals surface area (Å²) < 4.78 is 5.91. The first-order valence-corrected chi connectivity index (χ1v) is 9.05. The Balaban J connectivity index is 1.49. The van der Waals surface area contributed by atoms with Gasteiger partial charge in [0.25, 0.3) is 0 Å². The van der Waals surface area contributed by atoms with Gasteiger partial charge in [-0.15, -0.1) is 0 Å². The van der Waals surface area contributed by atoms with E-state index in [0.29, 0.717) is 11.8 Å². The first kappa shape index (κ1) is 16.1. The van der Waals surface area contributed by atoms with Crippen molar-refractivity contribution < 1.29 is 9.53 Å². The van der Waals surface area contributed by atoms with Crippen molar-refractivity contribution in [2.75, 3.05) is 13.1 Å². The lowest BCUT2D eigenvalue weighted by Gasteiger charge is -2.32. The molecule has 130 valence electrons. The van der Waals surface area contributed by atoms with Gasteiger partial charge in [0.15, 0.2) is 0 Å². The van der Waals surface area contributed by atoms with Gasteiger partial charge in [0.1, 0.15) is 5.75 Å². The Morgan fingerprint density at radius 2 is 2.04 bits per heavy atom. The molecule has 1 aliphatic carbocycles. The highest BCUT2D eigenvalue weighted by Crippen LogP contribution is 2.34. The van der Waals surface area contributed by atoms with Crippen LogP contribution in [-0.2, 0) is 4.79 Å². The van der Waals surface area contributed by atoms with Crippen molar-refractivity contribution in [1.29, 1.82) is 0 Å². The maximum Gasteiger partial charge on any atom is 0.238 e. The number of likely N-dealkylation sites (tertiary alicyclic amines) is 1. The molecule has 25 heavy (non-hydrogen) atoms. The standard InChI is InChI=1S/C20H23N3O2/c1-14-5-2-3-7-18(14)25-19-12-21-11-17(22-19)16-6-4-10-23(13-16)20(24)15-8-9-15/h2-3,5,7,11-12,15-16H,4,6,8-10,13H2,1H3. The molecule has 5 heteroatoms. The summed E-state index contributed by atoms with van der Waals surface area (Å²) in [6.45, 7) is 3.63. The molecule has 0 N–H and O–H groups in total. The van der Waals surface area contributed by atoms with Crippen molar-refractivity contribution in [1.82, 2.24) is 14.9 Å². The van der Waals surface area contributed by atoms with E-state index in [-0.39, 0.29) is 11.8 Å². The van der Waals surface area contributed by atoms with Crippen molar-refractivity contribution in [3.8, 4) is 11.6 Å². The van der Waals surface area contributed by atoms with E-state index in [9.17, 15) is 4.79 Å². The summed E-state index contributed by atoms with van der Waals surface area (Å²) in [5, 5.41) is 0. The normalized spacial score (nSPS) is 20.4. The Bertz CT molecular complexity index is 773. The highest BCUT2D eigenvalue weighted by atomic mass is 16.5. The van der Waals surface area contributed by atoms with E-state index < -0.39 is 0 Å². The maximum absolute atomic E-state index is 12.3. The van der Waals surface area contributed by atoms with E-state index in [1.165, 1.54) is 0 Å². The number of para-hydroxylation sites is 1. The number of rotatable bonds is 4. The molecule has 0 radical (unpaired) electrons. The number of carbonyl (C=O) groups is 1. The second-order valence-corrected chi connectivity index (χ2v) is 7.05. The van der Waals surface area contributed by atoms with Crippen LogP contribution in [-0.4, -0.2) is 33.9 Å². The Labute approximate surface area is 148 Å². The van der Waals surface area contributed by atoms with Crippen LogP contribution in [0.2, 0.25) is 0 Å². The molecule has 0 bridgehead atoms. The number of amides is 1. The third kappa shape index (κ3) is 3.65.